The smallest absolute Gasteiger partial charge is 0.280 e. The van der Waals surface area contributed by atoms with Gasteiger partial charge < -0.3 is 10.2 Å². The summed E-state index contributed by atoms with van der Waals surface area (Å²) in [7, 11) is 0. The van der Waals surface area contributed by atoms with Crippen molar-refractivity contribution in [1.29, 1.82) is 0 Å². The fraction of sp³-hybridized carbons (Fsp3) is 0.143. The van der Waals surface area contributed by atoms with Gasteiger partial charge in [-0.3, -0.25) is 10.1 Å². The van der Waals surface area contributed by atoms with Crippen LogP contribution in [0.1, 0.15) is 16.9 Å². The van der Waals surface area contributed by atoms with Gasteiger partial charge in [0.05, 0.1) is 16.7 Å². The van der Waals surface area contributed by atoms with Gasteiger partial charge in [-0.25, -0.2) is 0 Å². The molecule has 2 aromatic heterocycles. The Bertz CT molecular complexity index is 942. The summed E-state index contributed by atoms with van der Waals surface area (Å²) < 4.78 is 5.62. The predicted octanol–water partition coefficient (Wildman–Crippen LogP) is 1.92. The molecule has 0 spiro atoms. The third-order valence-corrected chi connectivity index (χ3v) is 3.47. The van der Waals surface area contributed by atoms with Gasteiger partial charge in [-0.1, -0.05) is 9.89 Å². The number of aromatic nitrogens is 4. The van der Waals surface area contributed by atoms with Crippen LogP contribution >= 0.6 is 0 Å². The molecule has 0 saturated heterocycles. The lowest BCUT2D eigenvalue weighted by Crippen LogP contribution is -1.99. The van der Waals surface area contributed by atoms with Crippen molar-refractivity contribution in [2.24, 2.45) is 5.10 Å². The lowest BCUT2D eigenvalue weighted by atomic mass is 10.0. The van der Waals surface area contributed by atoms with E-state index in [4.69, 9.17) is 10.2 Å². The Kier molecular flexibility index (Phi) is 3.78. The Morgan fingerprint density at radius 2 is 2.08 bits per heavy atom. The molecule has 0 fully saturated rings. The molecule has 1 aromatic carbocycles. The highest BCUT2D eigenvalue weighted by Crippen LogP contribution is 2.33. The molecule has 10 heteroatoms. The molecular weight excluding hydrogens is 314 g/mol. The first-order chi connectivity index (χ1) is 11.5. The summed E-state index contributed by atoms with van der Waals surface area (Å²) in [5.41, 5.74) is 7.66. The molecule has 0 saturated carbocycles. The highest BCUT2D eigenvalue weighted by molar-refractivity contribution is 5.79. The van der Waals surface area contributed by atoms with Gasteiger partial charge in [-0.15, -0.1) is 0 Å². The number of nitrogen functional groups attached to an aromatic ring is 1. The van der Waals surface area contributed by atoms with Gasteiger partial charge in [0.15, 0.2) is 0 Å². The molecule has 0 atom stereocenters. The molecule has 122 valence electrons. The fourth-order valence-electron chi connectivity index (χ4n) is 2.10. The number of hydrogen-bond acceptors (Lipinski definition) is 8. The van der Waals surface area contributed by atoms with Crippen LogP contribution in [0.3, 0.4) is 0 Å². The van der Waals surface area contributed by atoms with E-state index in [1.165, 1.54) is 12.3 Å². The number of tetrazole rings is 1. The van der Waals surface area contributed by atoms with Crippen molar-refractivity contribution in [3.63, 3.8) is 0 Å². The number of rotatable bonds is 4. The van der Waals surface area contributed by atoms with Crippen molar-refractivity contribution >= 4 is 17.9 Å². The number of nitro benzene ring substituents is 1. The van der Waals surface area contributed by atoms with E-state index in [1.807, 2.05) is 13.8 Å². The molecule has 0 bridgehead atoms. The van der Waals surface area contributed by atoms with E-state index >= 15 is 0 Å². The average Bonchev–Trinajstić information content (AvgIpc) is 3.16. The lowest BCUT2D eigenvalue weighted by molar-refractivity contribution is -0.384. The zero-order valence-corrected chi connectivity index (χ0v) is 12.9. The molecule has 2 heterocycles. The van der Waals surface area contributed by atoms with E-state index < -0.39 is 4.92 Å². The minimum absolute atomic E-state index is 0.0133. The SMILES string of the molecule is Cc1cc(-c2ccc(C=Nn3nnnc3N)o2)c([N+](=O)[O-])cc1C. The van der Waals surface area contributed by atoms with Crippen LogP contribution in [0.15, 0.2) is 33.8 Å². The summed E-state index contributed by atoms with van der Waals surface area (Å²) in [5, 5.41) is 25.6. The van der Waals surface area contributed by atoms with E-state index in [9.17, 15) is 10.1 Å². The predicted molar refractivity (Wildman–Crippen MR) is 85.5 cm³/mol. The van der Waals surface area contributed by atoms with E-state index in [-0.39, 0.29) is 11.6 Å². The fourth-order valence-corrected chi connectivity index (χ4v) is 2.10. The maximum absolute atomic E-state index is 11.3. The molecule has 0 amide bonds. The third kappa shape index (κ3) is 2.84. The Hall–Kier alpha value is -3.56. The normalized spacial score (nSPS) is 11.2. The summed E-state index contributed by atoms with van der Waals surface area (Å²) in [6.45, 7) is 3.71. The summed E-state index contributed by atoms with van der Waals surface area (Å²) in [4.78, 5) is 11.9. The van der Waals surface area contributed by atoms with Crippen LogP contribution in [0.5, 0.6) is 0 Å². The molecule has 3 rings (SSSR count). The van der Waals surface area contributed by atoms with E-state index in [2.05, 4.69) is 20.6 Å². The molecule has 10 nitrogen and oxygen atoms in total. The van der Waals surface area contributed by atoms with E-state index in [0.29, 0.717) is 17.1 Å². The molecule has 0 aliphatic rings. The molecule has 0 aliphatic carbocycles. The molecule has 0 aliphatic heterocycles. The second kappa shape index (κ2) is 5.91. The number of nitro groups is 1. The molecule has 3 aromatic rings. The first-order valence-corrected chi connectivity index (χ1v) is 6.90. The maximum Gasteiger partial charge on any atom is 0.280 e. The van der Waals surface area contributed by atoms with E-state index in [0.717, 1.165) is 15.9 Å². The van der Waals surface area contributed by atoms with Crippen molar-refractivity contribution in [3.05, 3.63) is 51.3 Å². The van der Waals surface area contributed by atoms with Crippen LogP contribution in [0.25, 0.3) is 11.3 Å². The van der Waals surface area contributed by atoms with Crippen LogP contribution in [-0.4, -0.2) is 31.5 Å². The van der Waals surface area contributed by atoms with Gasteiger partial charge >= 0.3 is 0 Å². The Balaban J connectivity index is 1.96. The maximum atomic E-state index is 11.3. The van der Waals surface area contributed by atoms with E-state index in [1.54, 1.807) is 18.2 Å². The summed E-state index contributed by atoms with van der Waals surface area (Å²) in [5.74, 6) is 0.784. The second-order valence-corrected chi connectivity index (χ2v) is 5.08. The van der Waals surface area contributed by atoms with Gasteiger partial charge in [0.1, 0.15) is 11.5 Å². The molecular formula is C14H13N7O3. The van der Waals surface area contributed by atoms with Gasteiger partial charge in [0, 0.05) is 6.07 Å². The van der Waals surface area contributed by atoms with Crippen LogP contribution in [0.2, 0.25) is 0 Å². The Morgan fingerprint density at radius 3 is 2.75 bits per heavy atom. The number of anilines is 1. The first-order valence-electron chi connectivity index (χ1n) is 6.90. The quantitative estimate of drug-likeness (QED) is 0.438. The van der Waals surface area contributed by atoms with Crippen molar-refractivity contribution in [3.8, 4) is 11.3 Å². The van der Waals surface area contributed by atoms with Crippen molar-refractivity contribution < 1.29 is 9.34 Å². The lowest BCUT2D eigenvalue weighted by Gasteiger charge is -2.04. The third-order valence-electron chi connectivity index (χ3n) is 3.47. The minimum Gasteiger partial charge on any atom is -0.455 e. The van der Waals surface area contributed by atoms with Gasteiger partial charge in [0.2, 0.25) is 0 Å². The highest BCUT2D eigenvalue weighted by Gasteiger charge is 2.19. The van der Waals surface area contributed by atoms with Crippen LogP contribution in [-0.2, 0) is 0 Å². The van der Waals surface area contributed by atoms with Gasteiger partial charge in [-0.05, 0) is 53.6 Å². The van der Waals surface area contributed by atoms with Crippen molar-refractivity contribution in [2.45, 2.75) is 13.8 Å². The molecule has 24 heavy (non-hydrogen) atoms. The number of nitrogens with two attached hydrogens (primary N) is 1. The monoisotopic (exact) mass is 327 g/mol. The minimum atomic E-state index is -0.431. The molecule has 0 radical (unpaired) electrons. The van der Waals surface area contributed by atoms with Crippen molar-refractivity contribution in [1.82, 2.24) is 20.3 Å². The largest absolute Gasteiger partial charge is 0.455 e. The summed E-state index contributed by atoms with van der Waals surface area (Å²) in [6, 6.07) is 6.54. The number of furan rings is 1. The second-order valence-electron chi connectivity index (χ2n) is 5.08. The van der Waals surface area contributed by atoms with Gasteiger partial charge in [-0.2, -0.15) is 5.10 Å². The number of hydrogen-bond donors (Lipinski definition) is 1. The summed E-state index contributed by atoms with van der Waals surface area (Å²) in [6.07, 6.45) is 1.36. The topological polar surface area (TPSA) is 138 Å². The molecule has 0 unspecified atom stereocenters. The Labute approximate surface area is 135 Å². The number of aryl methyl sites for hydroxylation is 2. The standard InChI is InChI=1S/C14H13N7O3/c1-8-5-11(12(21(22)23)6-9(8)2)13-4-3-10(24-13)7-16-20-14(15)17-18-19-20/h3-7H,1-2H3,(H2,15,17,19). The number of nitrogens with zero attached hydrogens (tertiary/aromatic N) is 6. The number of benzene rings is 1. The van der Waals surface area contributed by atoms with Crippen LogP contribution in [0, 0.1) is 24.0 Å². The summed E-state index contributed by atoms with van der Waals surface area (Å²) >= 11 is 0. The van der Waals surface area contributed by atoms with Crippen molar-refractivity contribution in [2.75, 3.05) is 5.73 Å². The zero-order valence-electron chi connectivity index (χ0n) is 12.9. The van der Waals surface area contributed by atoms with Crippen LogP contribution < -0.4 is 5.73 Å². The zero-order chi connectivity index (χ0) is 17.3. The Morgan fingerprint density at radius 1 is 1.33 bits per heavy atom. The first kappa shape index (κ1) is 15.3. The highest BCUT2D eigenvalue weighted by atomic mass is 16.6. The molecule has 2 N–H and O–H groups in total. The van der Waals surface area contributed by atoms with Gasteiger partial charge in [0.25, 0.3) is 11.6 Å². The van der Waals surface area contributed by atoms with Crippen LogP contribution in [0.4, 0.5) is 11.6 Å². The average molecular weight is 327 g/mol.